The Bertz CT molecular complexity index is 837. The Morgan fingerprint density at radius 2 is 1.92 bits per heavy atom. The van der Waals surface area contributed by atoms with Crippen molar-refractivity contribution >= 4 is 28.0 Å². The third kappa shape index (κ3) is 4.03. The quantitative estimate of drug-likeness (QED) is 0.676. The standard InChI is InChI=1S/C20H20N3O2S/c24-14-21-16-9-11-23(12-10-16)13-15-5-7-17(8-6-15)25-20-22-18-3-1-2-4-19(18)26-20/h1-8,16H,9-13H2,(H,21,24). The highest BCUT2D eigenvalue weighted by atomic mass is 32.1. The highest BCUT2D eigenvalue weighted by Gasteiger charge is 2.18. The molecule has 4 rings (SSSR count). The van der Waals surface area contributed by atoms with E-state index in [1.54, 1.807) is 17.7 Å². The average molecular weight is 366 g/mol. The number of aromatic nitrogens is 1. The Kier molecular flexibility index (Phi) is 5.13. The van der Waals surface area contributed by atoms with Gasteiger partial charge in [-0.15, -0.1) is 0 Å². The zero-order chi connectivity index (χ0) is 17.8. The van der Waals surface area contributed by atoms with E-state index < -0.39 is 0 Å². The van der Waals surface area contributed by atoms with Crippen molar-refractivity contribution in [1.29, 1.82) is 0 Å². The summed E-state index contributed by atoms with van der Waals surface area (Å²) in [7, 11) is 0. The molecule has 0 saturated carbocycles. The molecule has 0 aliphatic carbocycles. The molecule has 1 radical (unpaired) electrons. The van der Waals surface area contributed by atoms with Crippen LogP contribution in [0.4, 0.5) is 0 Å². The molecule has 6 heteroatoms. The molecule has 0 spiro atoms. The van der Waals surface area contributed by atoms with Gasteiger partial charge < -0.3 is 10.1 Å². The molecule has 1 saturated heterocycles. The minimum atomic E-state index is 0.272. The summed E-state index contributed by atoms with van der Waals surface area (Å²) < 4.78 is 7.03. The van der Waals surface area contributed by atoms with E-state index in [2.05, 4.69) is 33.4 Å². The van der Waals surface area contributed by atoms with Crippen LogP contribution < -0.4 is 10.1 Å². The molecule has 1 N–H and O–H groups in total. The predicted molar refractivity (Wildman–Crippen MR) is 103 cm³/mol. The summed E-state index contributed by atoms with van der Waals surface area (Å²) in [6.45, 7) is 2.89. The molecule has 1 aliphatic rings. The topological polar surface area (TPSA) is 54.5 Å². The van der Waals surface area contributed by atoms with Gasteiger partial charge in [-0.1, -0.05) is 35.6 Å². The van der Waals surface area contributed by atoms with Gasteiger partial charge in [0.1, 0.15) is 5.75 Å². The van der Waals surface area contributed by atoms with Crippen LogP contribution in [-0.4, -0.2) is 35.4 Å². The molecule has 1 aliphatic heterocycles. The zero-order valence-electron chi connectivity index (χ0n) is 14.4. The van der Waals surface area contributed by atoms with E-state index in [1.807, 2.05) is 30.3 Å². The fraction of sp³-hybridized carbons (Fsp3) is 0.300. The van der Waals surface area contributed by atoms with E-state index in [-0.39, 0.29) is 6.04 Å². The van der Waals surface area contributed by atoms with E-state index >= 15 is 0 Å². The number of thiazole rings is 1. The van der Waals surface area contributed by atoms with Gasteiger partial charge in [-0.3, -0.25) is 9.69 Å². The summed E-state index contributed by atoms with van der Waals surface area (Å²) >= 11 is 1.55. The molecule has 0 bridgehead atoms. The number of hydrogen-bond acceptors (Lipinski definition) is 5. The highest BCUT2D eigenvalue weighted by Crippen LogP contribution is 2.31. The largest absolute Gasteiger partial charge is 0.431 e. The maximum atomic E-state index is 10.4. The fourth-order valence-corrected chi connectivity index (χ4v) is 4.07. The second kappa shape index (κ2) is 7.85. The molecule has 2 aromatic carbocycles. The van der Waals surface area contributed by atoms with Crippen molar-refractivity contribution in [2.45, 2.75) is 25.4 Å². The van der Waals surface area contributed by atoms with Crippen LogP contribution in [0.2, 0.25) is 0 Å². The van der Waals surface area contributed by atoms with Gasteiger partial charge in [0.05, 0.1) is 10.2 Å². The maximum Gasteiger partial charge on any atom is 0.309 e. The number of ether oxygens (including phenoxy) is 1. The van der Waals surface area contributed by atoms with Gasteiger partial charge in [0.15, 0.2) is 0 Å². The Balaban J connectivity index is 1.34. The van der Waals surface area contributed by atoms with Crippen LogP contribution in [0, 0.1) is 0 Å². The third-order valence-corrected chi connectivity index (χ3v) is 5.57. The minimum absolute atomic E-state index is 0.272. The van der Waals surface area contributed by atoms with Crippen LogP contribution >= 0.6 is 11.3 Å². The Hall–Kier alpha value is -2.44. The molecule has 3 aromatic rings. The first-order chi connectivity index (χ1) is 12.8. The van der Waals surface area contributed by atoms with Crippen LogP contribution in [0.1, 0.15) is 18.4 Å². The number of fused-ring (bicyclic) bond motifs is 1. The lowest BCUT2D eigenvalue weighted by molar-refractivity contribution is 0.198. The lowest BCUT2D eigenvalue weighted by Gasteiger charge is -2.31. The van der Waals surface area contributed by atoms with Crippen molar-refractivity contribution < 1.29 is 9.53 Å². The number of carbonyl (C=O) groups excluding carboxylic acids is 1. The van der Waals surface area contributed by atoms with Gasteiger partial charge in [0.25, 0.3) is 5.19 Å². The number of nitrogens with zero attached hydrogens (tertiary/aromatic N) is 2. The second-order valence-electron chi connectivity index (χ2n) is 6.49. The van der Waals surface area contributed by atoms with E-state index in [1.165, 1.54) is 5.56 Å². The summed E-state index contributed by atoms with van der Waals surface area (Å²) in [5.74, 6) is 0.803. The highest BCUT2D eigenvalue weighted by molar-refractivity contribution is 7.20. The van der Waals surface area contributed by atoms with Crippen LogP contribution in [0.15, 0.2) is 48.5 Å². The number of benzene rings is 2. The van der Waals surface area contributed by atoms with Gasteiger partial charge in [0, 0.05) is 25.7 Å². The van der Waals surface area contributed by atoms with Gasteiger partial charge in [0.2, 0.25) is 0 Å². The molecular weight excluding hydrogens is 346 g/mol. The van der Waals surface area contributed by atoms with Gasteiger partial charge in [-0.05, 0) is 42.7 Å². The summed E-state index contributed by atoms with van der Waals surface area (Å²) in [6, 6.07) is 16.5. The summed E-state index contributed by atoms with van der Waals surface area (Å²) in [5.41, 5.74) is 2.23. The third-order valence-electron chi connectivity index (χ3n) is 4.66. The molecular formula is C20H20N3O2S. The number of nitrogens with one attached hydrogen (secondary N) is 1. The Morgan fingerprint density at radius 1 is 1.15 bits per heavy atom. The van der Waals surface area contributed by atoms with E-state index in [0.717, 1.165) is 48.4 Å². The first-order valence-electron chi connectivity index (χ1n) is 8.77. The predicted octanol–water partition coefficient (Wildman–Crippen LogP) is 3.71. The molecule has 1 fully saturated rings. The number of likely N-dealkylation sites (tertiary alicyclic amines) is 1. The minimum Gasteiger partial charge on any atom is -0.431 e. The maximum absolute atomic E-state index is 10.4. The first-order valence-corrected chi connectivity index (χ1v) is 9.59. The van der Waals surface area contributed by atoms with E-state index in [9.17, 15) is 4.79 Å². The van der Waals surface area contributed by atoms with Crippen molar-refractivity contribution in [3.63, 3.8) is 0 Å². The number of piperidine rings is 1. The van der Waals surface area contributed by atoms with E-state index in [0.29, 0.717) is 5.19 Å². The molecule has 0 atom stereocenters. The molecule has 2 heterocycles. The Morgan fingerprint density at radius 3 is 2.65 bits per heavy atom. The zero-order valence-corrected chi connectivity index (χ0v) is 15.2. The molecule has 1 amide bonds. The van der Waals surface area contributed by atoms with Crippen LogP contribution in [0.3, 0.4) is 0 Å². The SMILES string of the molecule is O=[C]NC1CCN(Cc2ccc(Oc3nc4ccccc4s3)cc2)CC1. The van der Waals surface area contributed by atoms with Gasteiger partial charge >= 0.3 is 6.41 Å². The normalized spacial score (nSPS) is 15.8. The molecule has 1 aromatic heterocycles. The lowest BCUT2D eigenvalue weighted by atomic mass is 10.0. The smallest absolute Gasteiger partial charge is 0.309 e. The van der Waals surface area contributed by atoms with Crippen molar-refractivity contribution in [2.75, 3.05) is 13.1 Å². The first kappa shape index (κ1) is 17.0. The molecule has 26 heavy (non-hydrogen) atoms. The molecule has 0 unspecified atom stereocenters. The fourth-order valence-electron chi connectivity index (χ4n) is 3.24. The van der Waals surface area contributed by atoms with Crippen molar-refractivity contribution in [3.05, 3.63) is 54.1 Å². The average Bonchev–Trinajstić information content (AvgIpc) is 3.07. The summed E-state index contributed by atoms with van der Waals surface area (Å²) in [6.07, 6.45) is 3.76. The van der Waals surface area contributed by atoms with Crippen LogP contribution in [0.25, 0.3) is 10.2 Å². The van der Waals surface area contributed by atoms with Crippen LogP contribution in [0.5, 0.6) is 10.9 Å². The van der Waals surface area contributed by atoms with Gasteiger partial charge in [-0.25, -0.2) is 4.98 Å². The number of rotatable bonds is 6. The lowest BCUT2D eigenvalue weighted by Crippen LogP contribution is -2.41. The molecule has 133 valence electrons. The number of para-hydroxylation sites is 1. The van der Waals surface area contributed by atoms with Crippen LogP contribution in [-0.2, 0) is 11.3 Å². The summed E-state index contributed by atoms with van der Waals surface area (Å²) in [5, 5.41) is 3.42. The van der Waals surface area contributed by atoms with Gasteiger partial charge in [-0.2, -0.15) is 0 Å². The Labute approximate surface area is 156 Å². The summed E-state index contributed by atoms with van der Waals surface area (Å²) in [4.78, 5) is 17.3. The molecule has 5 nitrogen and oxygen atoms in total. The van der Waals surface area contributed by atoms with Crippen molar-refractivity contribution in [1.82, 2.24) is 15.2 Å². The second-order valence-corrected chi connectivity index (χ2v) is 7.48. The van der Waals surface area contributed by atoms with Crippen molar-refractivity contribution in [2.24, 2.45) is 0 Å². The number of amides is 1. The van der Waals surface area contributed by atoms with E-state index in [4.69, 9.17) is 4.74 Å². The number of hydrogen-bond donors (Lipinski definition) is 1. The van der Waals surface area contributed by atoms with Crippen molar-refractivity contribution in [3.8, 4) is 10.9 Å². The monoisotopic (exact) mass is 366 g/mol.